The van der Waals surface area contributed by atoms with E-state index in [9.17, 15) is 13.6 Å². The molecule has 0 spiro atoms. The Morgan fingerprint density at radius 3 is 2.93 bits per heavy atom. The molecule has 4 rings (SSSR count). The molecule has 0 aromatic carbocycles. The average molecular weight is 437 g/mol. The van der Waals surface area contributed by atoms with E-state index in [-0.39, 0.29) is 17.5 Å². The number of pyridine rings is 2. The van der Waals surface area contributed by atoms with Gasteiger partial charge in [-0.15, -0.1) is 0 Å². The van der Waals surface area contributed by atoms with E-state index in [0.717, 1.165) is 16.8 Å². The number of hydrogen-bond acceptors (Lipinski definition) is 5. The van der Waals surface area contributed by atoms with Crippen LogP contribution in [0.2, 0.25) is 5.02 Å². The van der Waals surface area contributed by atoms with Gasteiger partial charge in [-0.25, -0.2) is 8.78 Å². The lowest BCUT2D eigenvalue weighted by Crippen LogP contribution is -2.34. The minimum Gasteiger partial charge on any atom is -0.378 e. The topological polar surface area (TPSA) is 58.6 Å². The smallest absolute Gasteiger partial charge is 0.280 e. The van der Waals surface area contributed by atoms with Gasteiger partial charge in [0.15, 0.2) is 0 Å². The van der Waals surface area contributed by atoms with E-state index >= 15 is 0 Å². The number of carbonyl (C=O) groups is 1. The van der Waals surface area contributed by atoms with Crippen molar-refractivity contribution in [1.82, 2.24) is 14.9 Å². The number of carbonyl (C=O) groups excluding carboxylic acids is 1. The third-order valence-corrected chi connectivity index (χ3v) is 6.33. The molecule has 2 aromatic rings. The Balaban J connectivity index is 1.46. The molecule has 2 aliphatic rings. The molecule has 4 heterocycles. The van der Waals surface area contributed by atoms with Crippen molar-refractivity contribution in [3.63, 3.8) is 0 Å². The molecule has 0 saturated carbocycles. The van der Waals surface area contributed by atoms with Gasteiger partial charge in [-0.1, -0.05) is 11.6 Å². The molecule has 0 aliphatic carbocycles. The molecular formula is C21H23ClF2N4O2. The summed E-state index contributed by atoms with van der Waals surface area (Å²) in [6.07, 6.45) is -0.544. The summed E-state index contributed by atoms with van der Waals surface area (Å²) in [5, 5.41) is 0.587. The van der Waals surface area contributed by atoms with Crippen molar-refractivity contribution < 1.29 is 18.3 Å². The van der Waals surface area contributed by atoms with Crippen LogP contribution in [0, 0.1) is 12.8 Å². The van der Waals surface area contributed by atoms with Crippen LogP contribution in [0.5, 0.6) is 0 Å². The molecule has 0 radical (unpaired) electrons. The number of halogens is 3. The van der Waals surface area contributed by atoms with Gasteiger partial charge >= 0.3 is 0 Å². The third kappa shape index (κ3) is 3.86. The zero-order chi connectivity index (χ0) is 21.4. The average Bonchev–Trinajstić information content (AvgIpc) is 3.39. The Kier molecular flexibility index (Phi) is 5.88. The van der Waals surface area contributed by atoms with Crippen molar-refractivity contribution in [3.05, 3.63) is 51.6 Å². The van der Waals surface area contributed by atoms with Gasteiger partial charge in [0.25, 0.3) is 6.43 Å². The molecule has 1 amide bonds. The Morgan fingerprint density at radius 2 is 2.20 bits per heavy atom. The second kappa shape index (κ2) is 8.43. The summed E-state index contributed by atoms with van der Waals surface area (Å²) in [4.78, 5) is 25.3. The van der Waals surface area contributed by atoms with Crippen LogP contribution in [0.15, 0.2) is 18.3 Å². The van der Waals surface area contributed by atoms with Crippen molar-refractivity contribution >= 4 is 23.2 Å². The summed E-state index contributed by atoms with van der Waals surface area (Å²) in [6, 6.07) is 3.10. The monoisotopic (exact) mass is 436 g/mol. The lowest BCUT2D eigenvalue weighted by Gasteiger charge is -2.22. The van der Waals surface area contributed by atoms with Crippen LogP contribution in [0.3, 0.4) is 0 Å². The first-order valence-corrected chi connectivity index (χ1v) is 10.2. The fourth-order valence-corrected chi connectivity index (χ4v) is 4.42. The van der Waals surface area contributed by atoms with Crippen molar-refractivity contribution in [2.75, 3.05) is 25.1 Å². The van der Waals surface area contributed by atoms with E-state index < -0.39 is 6.43 Å². The highest BCUT2D eigenvalue weighted by Gasteiger charge is 2.35. The number of amides is 1. The standard InChI is InChI=1S/C21H23ClF2N4O2/c1-12-15-9-28(10-17(15)26-18(11-30-2)19(12)22)21(29)13-4-6-27(8-13)14-3-5-25-16(7-14)20(23)24/h3,5,7,13,20H,4,6,8-11H2,1-2H3/t13-/m1/s1. The summed E-state index contributed by atoms with van der Waals surface area (Å²) in [7, 11) is 1.59. The van der Waals surface area contributed by atoms with E-state index in [1.807, 2.05) is 16.7 Å². The minimum absolute atomic E-state index is 0.0578. The summed E-state index contributed by atoms with van der Waals surface area (Å²) in [6.45, 7) is 4.35. The first kappa shape index (κ1) is 20.9. The molecule has 6 nitrogen and oxygen atoms in total. The first-order chi connectivity index (χ1) is 14.4. The largest absolute Gasteiger partial charge is 0.378 e. The van der Waals surface area contributed by atoms with Crippen LogP contribution in [0.25, 0.3) is 0 Å². The Bertz CT molecular complexity index is 972. The van der Waals surface area contributed by atoms with E-state index in [1.165, 1.54) is 12.3 Å². The van der Waals surface area contributed by atoms with Gasteiger partial charge < -0.3 is 14.5 Å². The molecule has 0 unspecified atom stereocenters. The molecule has 2 aromatic heterocycles. The van der Waals surface area contributed by atoms with Crippen LogP contribution in [-0.4, -0.2) is 41.0 Å². The van der Waals surface area contributed by atoms with Crippen molar-refractivity contribution in [1.29, 1.82) is 0 Å². The summed E-state index contributed by atoms with van der Waals surface area (Å²) < 4.78 is 31.1. The summed E-state index contributed by atoms with van der Waals surface area (Å²) in [5.41, 5.74) is 3.91. The van der Waals surface area contributed by atoms with Gasteiger partial charge in [0.05, 0.1) is 35.5 Å². The van der Waals surface area contributed by atoms with Crippen LogP contribution in [0.4, 0.5) is 14.5 Å². The Labute approximate surface area is 178 Å². The van der Waals surface area contributed by atoms with Gasteiger partial charge in [-0.2, -0.15) is 0 Å². The maximum absolute atomic E-state index is 13.2. The SMILES string of the molecule is COCc1nc2c(c(C)c1Cl)CN(C(=O)[C@@H]1CCN(c3ccnc(C(F)F)c3)C1)C2. The molecule has 0 bridgehead atoms. The normalized spacial score (nSPS) is 18.4. The molecule has 0 N–H and O–H groups in total. The molecule has 30 heavy (non-hydrogen) atoms. The van der Waals surface area contributed by atoms with Crippen LogP contribution >= 0.6 is 11.6 Å². The molecule has 9 heteroatoms. The van der Waals surface area contributed by atoms with Crippen LogP contribution in [0.1, 0.15) is 41.1 Å². The van der Waals surface area contributed by atoms with Gasteiger partial charge in [0.1, 0.15) is 5.69 Å². The predicted molar refractivity (Wildman–Crippen MR) is 108 cm³/mol. The Morgan fingerprint density at radius 1 is 1.40 bits per heavy atom. The number of nitrogens with zero attached hydrogens (tertiary/aromatic N) is 4. The number of anilines is 1. The van der Waals surface area contributed by atoms with Crippen LogP contribution < -0.4 is 4.90 Å². The van der Waals surface area contributed by atoms with Gasteiger partial charge in [0, 0.05) is 38.6 Å². The van der Waals surface area contributed by atoms with Gasteiger partial charge in [-0.3, -0.25) is 14.8 Å². The predicted octanol–water partition coefficient (Wildman–Crippen LogP) is 3.89. The molecule has 160 valence electrons. The lowest BCUT2D eigenvalue weighted by atomic mass is 10.1. The zero-order valence-electron chi connectivity index (χ0n) is 16.9. The zero-order valence-corrected chi connectivity index (χ0v) is 17.6. The molecular weight excluding hydrogens is 414 g/mol. The highest BCUT2D eigenvalue weighted by molar-refractivity contribution is 6.32. The lowest BCUT2D eigenvalue weighted by molar-refractivity contribution is -0.135. The summed E-state index contributed by atoms with van der Waals surface area (Å²) >= 11 is 6.42. The highest BCUT2D eigenvalue weighted by Crippen LogP contribution is 2.34. The molecule has 1 saturated heterocycles. The van der Waals surface area contributed by atoms with Gasteiger partial charge in [-0.05, 0) is 36.6 Å². The number of methoxy groups -OCH3 is 1. The van der Waals surface area contributed by atoms with E-state index in [0.29, 0.717) is 55.6 Å². The maximum Gasteiger partial charge on any atom is 0.280 e. The highest BCUT2D eigenvalue weighted by atomic mass is 35.5. The van der Waals surface area contributed by atoms with Crippen molar-refractivity contribution in [2.24, 2.45) is 5.92 Å². The van der Waals surface area contributed by atoms with E-state index in [1.54, 1.807) is 13.2 Å². The molecule has 1 fully saturated rings. The second-order valence-electron chi connectivity index (χ2n) is 7.72. The summed E-state index contributed by atoms with van der Waals surface area (Å²) in [5.74, 6) is -0.126. The number of aromatic nitrogens is 2. The van der Waals surface area contributed by atoms with Crippen molar-refractivity contribution in [2.45, 2.75) is 39.5 Å². The fraction of sp³-hybridized carbons (Fsp3) is 0.476. The first-order valence-electron chi connectivity index (χ1n) is 9.82. The van der Waals surface area contributed by atoms with E-state index in [2.05, 4.69) is 9.97 Å². The third-order valence-electron chi connectivity index (χ3n) is 5.83. The number of alkyl halides is 2. The minimum atomic E-state index is -2.61. The second-order valence-corrected chi connectivity index (χ2v) is 8.10. The quantitative estimate of drug-likeness (QED) is 0.711. The fourth-order valence-electron chi connectivity index (χ4n) is 4.21. The van der Waals surface area contributed by atoms with Crippen LogP contribution in [-0.2, 0) is 29.2 Å². The van der Waals surface area contributed by atoms with Crippen molar-refractivity contribution in [3.8, 4) is 0 Å². The maximum atomic E-state index is 13.2. The number of ether oxygens (including phenoxy) is 1. The van der Waals surface area contributed by atoms with E-state index in [4.69, 9.17) is 16.3 Å². The Hall–Kier alpha value is -2.32. The number of hydrogen-bond donors (Lipinski definition) is 0. The molecule has 1 atom stereocenters. The van der Waals surface area contributed by atoms with Gasteiger partial charge in [0.2, 0.25) is 5.91 Å². The number of fused-ring (bicyclic) bond motifs is 1. The number of rotatable bonds is 5. The molecule has 2 aliphatic heterocycles.